The highest BCUT2D eigenvalue weighted by atomic mass is 16.7. The molecule has 0 atom stereocenters. The number of hydrogen-bond acceptors (Lipinski definition) is 7. The van der Waals surface area contributed by atoms with Crippen molar-refractivity contribution < 1.29 is 33.4 Å². The molecule has 0 aliphatic carbocycles. The third kappa shape index (κ3) is 4.05. The second-order valence-electron chi connectivity index (χ2n) is 4.52. The van der Waals surface area contributed by atoms with Crippen LogP contribution in [0.15, 0.2) is 48.5 Å². The molecule has 0 heterocycles. The number of ether oxygens (including phenoxy) is 2. The third-order valence-corrected chi connectivity index (χ3v) is 3.07. The first-order chi connectivity index (χ1) is 11.6. The lowest BCUT2D eigenvalue weighted by Gasteiger charge is -2.12. The number of hydrogen-bond donors (Lipinski definition) is 1. The van der Waals surface area contributed by atoms with Crippen LogP contribution in [-0.2, 0) is 9.31 Å². The number of carbonyl (C=O) groups excluding carboxylic acids is 2. The number of benzene rings is 2. The van der Waals surface area contributed by atoms with E-state index in [1.165, 1.54) is 26.4 Å². The fraction of sp³-hybridized carbons (Fsp3) is 0.125. The van der Waals surface area contributed by atoms with Crippen molar-refractivity contribution in [3.05, 3.63) is 59.7 Å². The van der Waals surface area contributed by atoms with E-state index >= 15 is 0 Å². The van der Waals surface area contributed by atoms with Gasteiger partial charge < -0.3 is 23.8 Å². The molecule has 24 heavy (non-hydrogen) atoms. The molecule has 0 spiro atoms. The Kier molecular flexibility index (Phi) is 5.81. The van der Waals surface area contributed by atoms with Crippen molar-refractivity contribution in [2.75, 3.05) is 14.2 Å². The summed E-state index contributed by atoms with van der Waals surface area (Å²) in [5.41, 5.74) is 0.180. The van der Waals surface area contributed by atoms with Gasteiger partial charge in [-0.25, -0.2) is 9.59 Å². The van der Waals surface area contributed by atoms with Crippen molar-refractivity contribution in [1.29, 1.82) is 0 Å². The van der Waals surface area contributed by atoms with Crippen LogP contribution >= 0.6 is 0 Å². The van der Waals surface area contributed by atoms with Crippen LogP contribution in [0.3, 0.4) is 0 Å². The Morgan fingerprint density at radius 3 is 1.54 bits per heavy atom. The SMILES string of the molecule is COc1ccccc1C(=O)OB(O)OC(=O)c1ccccc1OC. The highest BCUT2D eigenvalue weighted by Gasteiger charge is 2.30. The molecule has 0 unspecified atom stereocenters. The van der Waals surface area contributed by atoms with Gasteiger partial charge in [-0.05, 0) is 24.3 Å². The second kappa shape index (κ2) is 8.03. The molecule has 2 aromatic rings. The average molecular weight is 330 g/mol. The Hall–Kier alpha value is -3.00. The van der Waals surface area contributed by atoms with Gasteiger partial charge in [-0.3, -0.25) is 0 Å². The lowest BCUT2D eigenvalue weighted by Crippen LogP contribution is -2.29. The van der Waals surface area contributed by atoms with Crippen LogP contribution in [0.1, 0.15) is 20.7 Å². The summed E-state index contributed by atoms with van der Waals surface area (Å²) in [5.74, 6) is -1.25. The van der Waals surface area contributed by atoms with Gasteiger partial charge in [-0.2, -0.15) is 0 Å². The van der Waals surface area contributed by atoms with Gasteiger partial charge in [-0.15, -0.1) is 0 Å². The predicted octanol–water partition coefficient (Wildman–Crippen LogP) is 1.69. The van der Waals surface area contributed by atoms with E-state index in [9.17, 15) is 14.6 Å². The molecular weight excluding hydrogens is 315 g/mol. The predicted molar refractivity (Wildman–Crippen MR) is 84.8 cm³/mol. The van der Waals surface area contributed by atoms with E-state index in [2.05, 4.69) is 0 Å². The van der Waals surface area contributed by atoms with Crippen LogP contribution in [-0.4, -0.2) is 38.5 Å². The lowest BCUT2D eigenvalue weighted by atomic mass is 10.1. The molecule has 0 aliphatic heterocycles. The van der Waals surface area contributed by atoms with Gasteiger partial charge in [0.1, 0.15) is 11.5 Å². The van der Waals surface area contributed by atoms with Crippen LogP contribution in [0.2, 0.25) is 0 Å². The molecule has 0 radical (unpaired) electrons. The third-order valence-electron chi connectivity index (χ3n) is 3.07. The summed E-state index contributed by atoms with van der Waals surface area (Å²) in [6.45, 7) is 0. The Balaban J connectivity index is 2.03. The second-order valence-corrected chi connectivity index (χ2v) is 4.52. The number of methoxy groups -OCH3 is 2. The summed E-state index contributed by atoms with van der Waals surface area (Å²) in [5, 5.41) is 9.67. The Morgan fingerprint density at radius 2 is 1.17 bits per heavy atom. The molecule has 7 nitrogen and oxygen atoms in total. The van der Waals surface area contributed by atoms with Gasteiger partial charge in [-0.1, -0.05) is 24.3 Å². The monoisotopic (exact) mass is 330 g/mol. The summed E-state index contributed by atoms with van der Waals surface area (Å²) in [7, 11) is 0.717. The minimum absolute atomic E-state index is 0.0902. The summed E-state index contributed by atoms with van der Waals surface area (Å²) in [6, 6.07) is 12.6. The molecule has 8 heteroatoms. The maximum absolute atomic E-state index is 12.0. The van der Waals surface area contributed by atoms with Gasteiger partial charge in [0.2, 0.25) is 0 Å². The van der Waals surface area contributed by atoms with Gasteiger partial charge in [0.05, 0.1) is 25.3 Å². The summed E-state index contributed by atoms with van der Waals surface area (Å²) in [4.78, 5) is 24.0. The quantitative estimate of drug-likeness (QED) is 0.806. The highest BCUT2D eigenvalue weighted by molar-refractivity contribution is 6.41. The summed E-state index contributed by atoms with van der Waals surface area (Å²) >= 11 is 0. The van der Waals surface area contributed by atoms with Gasteiger partial charge in [0, 0.05) is 0 Å². The van der Waals surface area contributed by atoms with Gasteiger partial charge in [0.15, 0.2) is 0 Å². The fourth-order valence-corrected chi connectivity index (χ4v) is 1.96. The molecule has 1 N–H and O–H groups in total. The van der Waals surface area contributed by atoms with Crippen LogP contribution in [0.4, 0.5) is 0 Å². The zero-order valence-electron chi connectivity index (χ0n) is 13.1. The Bertz CT molecular complexity index is 670. The minimum Gasteiger partial charge on any atom is -0.496 e. The first-order valence-corrected chi connectivity index (χ1v) is 6.93. The normalized spacial score (nSPS) is 9.79. The van der Waals surface area contributed by atoms with Gasteiger partial charge >= 0.3 is 19.3 Å². The van der Waals surface area contributed by atoms with E-state index in [0.29, 0.717) is 0 Å². The number of para-hydroxylation sites is 2. The van der Waals surface area contributed by atoms with Crippen molar-refractivity contribution in [3.63, 3.8) is 0 Å². The molecule has 2 aromatic carbocycles. The van der Waals surface area contributed by atoms with E-state index in [1.54, 1.807) is 36.4 Å². The number of rotatable bonds is 6. The van der Waals surface area contributed by atoms with E-state index < -0.39 is 19.3 Å². The van der Waals surface area contributed by atoms with Crippen LogP contribution < -0.4 is 9.47 Å². The molecule has 0 saturated carbocycles. The molecule has 0 aliphatic rings. The smallest absolute Gasteiger partial charge is 0.496 e. The molecule has 0 bridgehead atoms. The first kappa shape index (κ1) is 17.4. The van der Waals surface area contributed by atoms with E-state index in [1.807, 2.05) is 0 Å². The molecule has 0 saturated heterocycles. The first-order valence-electron chi connectivity index (χ1n) is 6.93. The molecule has 0 amide bonds. The minimum atomic E-state index is -2.07. The fourth-order valence-electron chi connectivity index (χ4n) is 1.96. The van der Waals surface area contributed by atoms with Crippen molar-refractivity contribution in [3.8, 4) is 11.5 Å². The van der Waals surface area contributed by atoms with Crippen molar-refractivity contribution in [2.24, 2.45) is 0 Å². The van der Waals surface area contributed by atoms with E-state index in [0.717, 1.165) is 0 Å². The molecule has 0 aromatic heterocycles. The van der Waals surface area contributed by atoms with Gasteiger partial charge in [0.25, 0.3) is 0 Å². The van der Waals surface area contributed by atoms with E-state index in [4.69, 9.17) is 18.8 Å². The van der Waals surface area contributed by atoms with Crippen molar-refractivity contribution in [2.45, 2.75) is 0 Å². The van der Waals surface area contributed by atoms with E-state index in [-0.39, 0.29) is 22.6 Å². The summed E-state index contributed by atoms with van der Waals surface area (Å²) < 4.78 is 19.4. The summed E-state index contributed by atoms with van der Waals surface area (Å²) in [6.07, 6.45) is 0. The zero-order chi connectivity index (χ0) is 17.5. The average Bonchev–Trinajstić information content (AvgIpc) is 2.61. The molecule has 124 valence electrons. The topological polar surface area (TPSA) is 91.3 Å². The maximum atomic E-state index is 12.0. The van der Waals surface area contributed by atoms with Crippen molar-refractivity contribution in [1.82, 2.24) is 0 Å². The maximum Gasteiger partial charge on any atom is 0.789 e. The molecular formula is C16H15BO7. The zero-order valence-corrected chi connectivity index (χ0v) is 13.1. The van der Waals surface area contributed by atoms with Crippen LogP contribution in [0.25, 0.3) is 0 Å². The largest absolute Gasteiger partial charge is 0.789 e. The molecule has 0 fully saturated rings. The Morgan fingerprint density at radius 1 is 0.792 bits per heavy atom. The van der Waals surface area contributed by atoms with Crippen LogP contribution in [0.5, 0.6) is 11.5 Å². The Labute approximate surface area is 138 Å². The lowest BCUT2D eigenvalue weighted by molar-refractivity contribution is 0.0514. The standard InChI is InChI=1S/C16H15BO7/c1-21-13-9-5-3-7-11(13)15(18)23-17(20)24-16(19)12-8-4-6-10-14(12)22-2/h3-10,20H,1-2H3. The molecule has 2 rings (SSSR count). The van der Waals surface area contributed by atoms with Crippen molar-refractivity contribution >= 4 is 19.3 Å². The number of carbonyl (C=O) groups is 2. The highest BCUT2D eigenvalue weighted by Crippen LogP contribution is 2.20. The van der Waals surface area contributed by atoms with Crippen LogP contribution in [0, 0.1) is 0 Å².